The van der Waals surface area contributed by atoms with Crippen molar-refractivity contribution >= 4 is 57.9 Å². The monoisotopic (exact) mass is 864 g/mol. The fourth-order valence-electron chi connectivity index (χ4n) is 6.66. The lowest BCUT2D eigenvalue weighted by atomic mass is 9.99. The van der Waals surface area contributed by atoms with Crippen LogP contribution in [0, 0.1) is 0 Å². The van der Waals surface area contributed by atoms with Crippen molar-refractivity contribution in [2.45, 2.75) is 82.8 Å². The molecule has 310 valence electrons. The van der Waals surface area contributed by atoms with Gasteiger partial charge in [-0.05, 0) is 88.8 Å². The van der Waals surface area contributed by atoms with E-state index in [-0.39, 0.29) is 82.9 Å². The molecule has 19 heteroatoms. The van der Waals surface area contributed by atoms with E-state index in [9.17, 15) is 23.5 Å². The maximum Gasteiger partial charge on any atom is 0.274 e. The van der Waals surface area contributed by atoms with E-state index in [0.717, 1.165) is 80.3 Å². The number of hydrogen-bond donors (Lipinski definition) is 5. The van der Waals surface area contributed by atoms with Crippen molar-refractivity contribution in [3.8, 4) is 11.5 Å². The minimum Gasteiger partial charge on any atom is -1.00 e. The molecular weight excluding hydrogens is 813 g/mol. The van der Waals surface area contributed by atoms with Crippen LogP contribution in [0.1, 0.15) is 75.0 Å². The zero-order chi connectivity index (χ0) is 40.9. The number of aryl methyl sites for hydroxylation is 2. The molecule has 1 fully saturated rings. The van der Waals surface area contributed by atoms with E-state index in [4.69, 9.17) is 32.5 Å². The van der Waals surface area contributed by atoms with Crippen LogP contribution in [0.15, 0.2) is 48.5 Å². The van der Waals surface area contributed by atoms with E-state index >= 15 is 0 Å². The average molecular weight is 866 g/mol. The number of carbonyl (C=O) groups is 3. The molecule has 0 unspecified atom stereocenters. The number of nitrogens with two attached hydrogens (primary N) is 2. The molecule has 57 heavy (non-hydrogen) atoms. The Kier molecular flexibility index (Phi) is 17.9. The van der Waals surface area contributed by atoms with Crippen molar-refractivity contribution in [2.24, 2.45) is 0 Å². The van der Waals surface area contributed by atoms with Crippen molar-refractivity contribution in [1.29, 1.82) is 0 Å². The third kappa shape index (κ3) is 15.3. The van der Waals surface area contributed by atoms with Crippen LogP contribution in [0.5, 0.6) is 11.5 Å². The van der Waals surface area contributed by atoms with Crippen LogP contribution < -0.4 is 49.3 Å². The highest BCUT2D eigenvalue weighted by molar-refractivity contribution is 7.26. The third-order valence-electron chi connectivity index (χ3n) is 9.38. The summed E-state index contributed by atoms with van der Waals surface area (Å²) in [6.07, 6.45) is 5.21. The van der Waals surface area contributed by atoms with Crippen molar-refractivity contribution in [3.05, 3.63) is 70.5 Å². The molecule has 15 nitrogen and oxygen atoms in total. The van der Waals surface area contributed by atoms with Gasteiger partial charge >= 0.3 is 0 Å². The van der Waals surface area contributed by atoms with Gasteiger partial charge in [-0.1, -0.05) is 35.9 Å². The number of anilines is 2. The Morgan fingerprint density at radius 2 is 1.28 bits per heavy atom. The van der Waals surface area contributed by atoms with Gasteiger partial charge in [0, 0.05) is 12.8 Å². The summed E-state index contributed by atoms with van der Waals surface area (Å²) in [6.45, 7) is 9.77. The van der Waals surface area contributed by atoms with Crippen molar-refractivity contribution in [2.75, 3.05) is 50.9 Å². The van der Waals surface area contributed by atoms with E-state index in [1.807, 2.05) is 48.5 Å². The summed E-state index contributed by atoms with van der Waals surface area (Å²) in [6, 6.07) is 15.2. The number of halogens is 2. The molecular formula is C38H52Cl2N8O7P2. The summed E-state index contributed by atoms with van der Waals surface area (Å²) in [7, 11) is -0.361. The second-order valence-electron chi connectivity index (χ2n) is 15.1. The maximum atomic E-state index is 13.3. The lowest BCUT2D eigenvalue weighted by molar-refractivity contribution is -0.933. The molecule has 1 aromatic heterocycles. The minimum absolute atomic E-state index is 0. The summed E-state index contributed by atoms with van der Waals surface area (Å²) in [5.41, 5.74) is 13.9. The van der Waals surface area contributed by atoms with E-state index < -0.39 is 16.5 Å². The van der Waals surface area contributed by atoms with Gasteiger partial charge in [-0.25, -0.2) is 9.97 Å². The quantitative estimate of drug-likeness (QED) is 0.0821. The molecule has 1 saturated heterocycles. The van der Waals surface area contributed by atoms with E-state index in [1.165, 1.54) is 0 Å². The number of nitrogens with zero attached hydrogens (tertiary/aromatic N) is 3. The smallest absolute Gasteiger partial charge is 0.274 e. The zero-order valence-electron chi connectivity index (χ0n) is 32.7. The summed E-state index contributed by atoms with van der Waals surface area (Å²) in [4.78, 5) is 45.7. The summed E-state index contributed by atoms with van der Waals surface area (Å²) in [5, 5.41) is 6.64. The maximum absolute atomic E-state index is 13.3. The van der Waals surface area contributed by atoms with Crippen LogP contribution in [0.2, 0.25) is 5.15 Å². The molecule has 0 bridgehead atoms. The SMILES string of the molecule is CC(C)(NC(=O)COc1ccc(CCC[N+]2(CCCc3ccc(OCC(=O)NC(C)(C)P=O)cc3)CCC[C@H](NC(=O)c3nc(Cl)c(N)nc3N)C2)cc1)P=O.[Cl-]. The number of nitrogen functional groups attached to an aromatic ring is 2. The highest BCUT2D eigenvalue weighted by Gasteiger charge is 2.36. The highest BCUT2D eigenvalue weighted by Crippen LogP contribution is 2.25. The summed E-state index contributed by atoms with van der Waals surface area (Å²) >= 11 is 6.06. The van der Waals surface area contributed by atoms with Crippen molar-refractivity contribution in [3.63, 3.8) is 0 Å². The molecule has 0 spiro atoms. The number of nitrogens with one attached hydrogen (secondary N) is 3. The van der Waals surface area contributed by atoms with Gasteiger partial charge in [-0.15, -0.1) is 0 Å². The largest absolute Gasteiger partial charge is 1.00 e. The first-order valence-corrected chi connectivity index (χ1v) is 20.5. The molecule has 1 aliphatic heterocycles. The number of aromatic nitrogens is 2. The Morgan fingerprint density at radius 1 is 0.807 bits per heavy atom. The minimum atomic E-state index is -0.862. The molecule has 3 amide bonds. The first-order valence-electron chi connectivity index (χ1n) is 18.5. The second kappa shape index (κ2) is 21.6. The molecule has 0 radical (unpaired) electrons. The molecule has 2 aromatic carbocycles. The fourth-order valence-corrected chi connectivity index (χ4v) is 7.13. The van der Waals surface area contributed by atoms with Crippen LogP contribution in [0.3, 0.4) is 0 Å². The Balaban J connectivity index is 0.00000870. The van der Waals surface area contributed by atoms with Crippen LogP contribution in [-0.2, 0) is 31.6 Å². The van der Waals surface area contributed by atoms with E-state index in [1.54, 1.807) is 27.7 Å². The number of piperidine rings is 1. The molecule has 7 N–H and O–H groups in total. The zero-order valence-corrected chi connectivity index (χ0v) is 36.0. The molecule has 4 rings (SSSR count). The lowest BCUT2D eigenvalue weighted by Gasteiger charge is -2.45. The second-order valence-corrected chi connectivity index (χ2v) is 18.1. The van der Waals surface area contributed by atoms with Gasteiger partial charge in [-0.2, -0.15) is 0 Å². The van der Waals surface area contributed by atoms with Gasteiger partial charge in [0.1, 0.15) is 22.1 Å². The predicted octanol–water partition coefficient (Wildman–Crippen LogP) is 2.32. The van der Waals surface area contributed by atoms with Crippen molar-refractivity contribution in [1.82, 2.24) is 25.9 Å². The molecule has 1 aliphatic rings. The summed E-state index contributed by atoms with van der Waals surface area (Å²) < 4.78 is 34.5. The van der Waals surface area contributed by atoms with Gasteiger partial charge in [0.25, 0.3) is 17.7 Å². The standard InChI is InChI=1S/C38H51ClN8O7P2.ClH/c1-37(2,55-51)45-30(48)23-53-28-15-11-25(12-16-28)8-5-19-47(21-7-10-27(22-47)42-36(50)32-34(40)44-35(41)33(39)43-32)20-6-9-26-13-17-29(18-14-26)54-24-31(49)46-38(3,4)56-52;/h11-18,27H,5-10,19-24H2,1-4H3,(H6-,40,41,42,44,45,46,48,49,50);1H/t27-;/m0./s1. The van der Waals surface area contributed by atoms with E-state index in [0.29, 0.717) is 11.5 Å². The fraction of sp³-hybridized carbons (Fsp3) is 0.500. The van der Waals surface area contributed by atoms with Crippen LogP contribution in [0.25, 0.3) is 0 Å². The van der Waals surface area contributed by atoms with Gasteiger partial charge in [0.15, 0.2) is 52.6 Å². The number of likely N-dealkylation sites (tertiary alicyclic amines) is 1. The van der Waals surface area contributed by atoms with Gasteiger partial charge in [-0.3, -0.25) is 23.5 Å². The van der Waals surface area contributed by atoms with Crippen molar-refractivity contribution < 1.29 is 49.9 Å². The topological polar surface area (TPSA) is 218 Å². The van der Waals surface area contributed by atoms with Gasteiger partial charge in [0.2, 0.25) is 0 Å². The predicted molar refractivity (Wildman–Crippen MR) is 216 cm³/mol. The number of hydrogen-bond acceptors (Lipinski definition) is 11. The Morgan fingerprint density at radius 3 is 1.74 bits per heavy atom. The molecule has 2 heterocycles. The number of amides is 3. The number of quaternary nitrogens is 1. The van der Waals surface area contributed by atoms with Gasteiger partial charge in [0.05, 0.1) is 32.2 Å². The number of carbonyl (C=O) groups excluding carboxylic acids is 3. The van der Waals surface area contributed by atoms with Crippen LogP contribution in [-0.4, -0.2) is 88.2 Å². The third-order valence-corrected chi connectivity index (χ3v) is 10.8. The molecule has 0 aliphatic carbocycles. The molecule has 1 atom stereocenters. The van der Waals surface area contributed by atoms with Crippen LogP contribution in [0.4, 0.5) is 11.6 Å². The first kappa shape index (κ1) is 47.2. The number of rotatable bonds is 20. The molecule has 3 aromatic rings. The number of benzene rings is 2. The van der Waals surface area contributed by atoms with Gasteiger partial charge < -0.3 is 53.8 Å². The number of ether oxygens (including phenoxy) is 2. The highest BCUT2D eigenvalue weighted by atomic mass is 35.5. The normalized spacial score (nSPS) is 17.0. The molecule has 0 saturated carbocycles. The lowest BCUT2D eigenvalue weighted by Crippen LogP contribution is -3.00. The Labute approximate surface area is 348 Å². The average Bonchev–Trinajstić information content (AvgIpc) is 3.15. The summed E-state index contributed by atoms with van der Waals surface area (Å²) in [5.74, 6) is -0.133. The Bertz CT molecular complexity index is 1770. The first-order chi connectivity index (χ1) is 26.5. The Hall–Kier alpha value is -4.13. The van der Waals surface area contributed by atoms with Crippen LogP contribution >= 0.6 is 28.5 Å². The van der Waals surface area contributed by atoms with E-state index in [2.05, 4.69) is 25.9 Å².